The van der Waals surface area contributed by atoms with Crippen molar-refractivity contribution in [2.45, 2.75) is 51.9 Å². The van der Waals surface area contributed by atoms with E-state index < -0.39 is 11.7 Å². The predicted octanol–water partition coefficient (Wildman–Crippen LogP) is 0.882. The first-order valence-corrected chi connectivity index (χ1v) is 5.29. The lowest BCUT2D eigenvalue weighted by Gasteiger charge is -2.20. The van der Waals surface area contributed by atoms with Gasteiger partial charge in [-0.1, -0.05) is 19.1 Å². The fourth-order valence-electron chi connectivity index (χ4n) is 1.21. The van der Waals surface area contributed by atoms with Gasteiger partial charge in [0.1, 0.15) is 5.69 Å². The second kappa shape index (κ2) is 4.72. The molecule has 0 bridgehead atoms. The van der Waals surface area contributed by atoms with Crippen molar-refractivity contribution in [1.29, 1.82) is 0 Å². The molecule has 5 nitrogen and oxygen atoms in total. The van der Waals surface area contributed by atoms with Crippen LogP contribution in [0.2, 0.25) is 0 Å². The molecular weight excluding hydrogens is 194 g/mol. The minimum Gasteiger partial charge on any atom is -0.388 e. The summed E-state index contributed by atoms with van der Waals surface area (Å²) in [6.45, 7) is 5.95. The van der Waals surface area contributed by atoms with E-state index in [-0.39, 0.29) is 0 Å². The van der Waals surface area contributed by atoms with Crippen LogP contribution in [0.3, 0.4) is 0 Å². The van der Waals surface area contributed by atoms with Crippen LogP contribution in [0.25, 0.3) is 0 Å². The van der Waals surface area contributed by atoms with Gasteiger partial charge in [0.15, 0.2) is 0 Å². The van der Waals surface area contributed by atoms with Gasteiger partial charge in [-0.2, -0.15) is 0 Å². The molecule has 0 fully saturated rings. The van der Waals surface area contributed by atoms with Crippen LogP contribution in [-0.2, 0) is 6.54 Å². The van der Waals surface area contributed by atoms with Crippen molar-refractivity contribution in [3.63, 3.8) is 0 Å². The highest BCUT2D eigenvalue weighted by molar-refractivity contribution is 4.97. The SMILES string of the molecule is CCC(O)c1cn(CC(C)(O)CC)nn1. The molecule has 86 valence electrons. The molecule has 0 aromatic carbocycles. The van der Waals surface area contributed by atoms with Crippen molar-refractivity contribution in [2.75, 3.05) is 0 Å². The summed E-state index contributed by atoms with van der Waals surface area (Å²) in [5.41, 5.74) is -0.216. The maximum atomic E-state index is 9.83. The van der Waals surface area contributed by atoms with Crippen LogP contribution in [0.5, 0.6) is 0 Å². The molecule has 0 aliphatic heterocycles. The van der Waals surface area contributed by atoms with E-state index >= 15 is 0 Å². The van der Waals surface area contributed by atoms with Crippen molar-refractivity contribution in [3.05, 3.63) is 11.9 Å². The Morgan fingerprint density at radius 2 is 2.20 bits per heavy atom. The van der Waals surface area contributed by atoms with Gasteiger partial charge in [0.05, 0.1) is 24.4 Å². The van der Waals surface area contributed by atoms with E-state index in [4.69, 9.17) is 0 Å². The molecule has 1 heterocycles. The Balaban J connectivity index is 2.68. The highest BCUT2D eigenvalue weighted by atomic mass is 16.3. The third-order valence-electron chi connectivity index (χ3n) is 2.55. The molecule has 2 unspecified atom stereocenters. The fourth-order valence-corrected chi connectivity index (χ4v) is 1.21. The minimum atomic E-state index is -0.776. The van der Waals surface area contributed by atoms with Crippen LogP contribution in [0.4, 0.5) is 0 Å². The first-order valence-electron chi connectivity index (χ1n) is 5.29. The van der Waals surface area contributed by atoms with Crippen molar-refractivity contribution in [3.8, 4) is 0 Å². The summed E-state index contributed by atoms with van der Waals surface area (Å²) in [5.74, 6) is 0. The monoisotopic (exact) mass is 213 g/mol. The Morgan fingerprint density at radius 3 is 2.73 bits per heavy atom. The standard InChI is InChI=1S/C10H19N3O2/c1-4-9(14)8-6-13(12-11-8)7-10(3,15)5-2/h6,9,14-15H,4-5,7H2,1-3H3. The highest BCUT2D eigenvalue weighted by Crippen LogP contribution is 2.15. The van der Waals surface area contributed by atoms with Crippen LogP contribution >= 0.6 is 0 Å². The molecule has 0 saturated heterocycles. The van der Waals surface area contributed by atoms with Gasteiger partial charge >= 0.3 is 0 Å². The molecule has 0 aliphatic carbocycles. The molecule has 15 heavy (non-hydrogen) atoms. The lowest BCUT2D eigenvalue weighted by Crippen LogP contribution is -2.29. The molecule has 5 heteroatoms. The highest BCUT2D eigenvalue weighted by Gasteiger charge is 2.19. The smallest absolute Gasteiger partial charge is 0.111 e. The summed E-state index contributed by atoms with van der Waals surface area (Å²) in [4.78, 5) is 0. The summed E-state index contributed by atoms with van der Waals surface area (Å²) < 4.78 is 1.57. The summed E-state index contributed by atoms with van der Waals surface area (Å²) in [7, 11) is 0. The number of hydrogen-bond donors (Lipinski definition) is 2. The lowest BCUT2D eigenvalue weighted by atomic mass is 10.0. The molecular formula is C10H19N3O2. The second-order valence-corrected chi connectivity index (χ2v) is 4.12. The van der Waals surface area contributed by atoms with Crippen molar-refractivity contribution in [1.82, 2.24) is 15.0 Å². The van der Waals surface area contributed by atoms with E-state index in [0.717, 1.165) is 0 Å². The minimum absolute atomic E-state index is 0.396. The molecule has 0 radical (unpaired) electrons. The molecule has 2 N–H and O–H groups in total. The zero-order chi connectivity index (χ0) is 11.5. The summed E-state index contributed by atoms with van der Waals surface area (Å²) in [6.07, 6.45) is 2.38. The number of aliphatic hydroxyl groups is 2. The van der Waals surface area contributed by atoms with Crippen molar-refractivity contribution < 1.29 is 10.2 Å². The Labute approximate surface area is 89.7 Å². The fraction of sp³-hybridized carbons (Fsp3) is 0.800. The number of aliphatic hydroxyl groups excluding tert-OH is 1. The number of hydrogen-bond acceptors (Lipinski definition) is 4. The Bertz CT molecular complexity index is 309. The van der Waals surface area contributed by atoms with E-state index in [0.29, 0.717) is 25.1 Å². The van der Waals surface area contributed by atoms with Crippen molar-refractivity contribution in [2.24, 2.45) is 0 Å². The number of rotatable bonds is 5. The van der Waals surface area contributed by atoms with E-state index in [1.807, 2.05) is 13.8 Å². The lowest BCUT2D eigenvalue weighted by molar-refractivity contribution is 0.0339. The third-order valence-corrected chi connectivity index (χ3v) is 2.55. The van der Waals surface area contributed by atoms with E-state index in [1.54, 1.807) is 17.8 Å². The quantitative estimate of drug-likeness (QED) is 0.761. The third kappa shape index (κ3) is 3.28. The van der Waals surface area contributed by atoms with Gasteiger partial charge in [-0.05, 0) is 19.8 Å². The Kier molecular flexibility index (Phi) is 3.82. The van der Waals surface area contributed by atoms with Crippen molar-refractivity contribution >= 4 is 0 Å². The Morgan fingerprint density at radius 1 is 1.53 bits per heavy atom. The maximum Gasteiger partial charge on any atom is 0.111 e. The average molecular weight is 213 g/mol. The summed E-state index contributed by atoms with van der Waals surface area (Å²) in [5, 5.41) is 27.1. The molecule has 1 aromatic rings. The molecule has 2 atom stereocenters. The van der Waals surface area contributed by atoms with Gasteiger partial charge in [-0.15, -0.1) is 5.10 Å². The van der Waals surface area contributed by atoms with Gasteiger partial charge in [0.25, 0.3) is 0 Å². The zero-order valence-electron chi connectivity index (χ0n) is 9.51. The molecule has 0 amide bonds. The average Bonchev–Trinajstić information content (AvgIpc) is 2.64. The van der Waals surface area contributed by atoms with Gasteiger partial charge in [0, 0.05) is 0 Å². The van der Waals surface area contributed by atoms with Gasteiger partial charge in [0.2, 0.25) is 0 Å². The van der Waals surface area contributed by atoms with E-state index in [1.165, 1.54) is 0 Å². The molecule has 1 aromatic heterocycles. The Hall–Kier alpha value is -0.940. The normalized spacial score (nSPS) is 17.4. The topological polar surface area (TPSA) is 71.2 Å². The predicted molar refractivity (Wildman–Crippen MR) is 56.2 cm³/mol. The van der Waals surface area contributed by atoms with Gasteiger partial charge in [-0.3, -0.25) is 0 Å². The molecule has 0 aliphatic rings. The zero-order valence-corrected chi connectivity index (χ0v) is 9.51. The summed E-state index contributed by atoms with van der Waals surface area (Å²) in [6, 6.07) is 0. The van der Waals surface area contributed by atoms with Crippen LogP contribution in [0.15, 0.2) is 6.20 Å². The maximum absolute atomic E-state index is 9.83. The molecule has 0 saturated carbocycles. The van der Waals surface area contributed by atoms with Crippen LogP contribution in [0, 0.1) is 0 Å². The van der Waals surface area contributed by atoms with E-state index in [2.05, 4.69) is 10.3 Å². The molecule has 0 spiro atoms. The first-order chi connectivity index (χ1) is 6.98. The number of nitrogens with zero attached hydrogens (tertiary/aromatic N) is 3. The van der Waals surface area contributed by atoms with Crippen LogP contribution in [0.1, 0.15) is 45.4 Å². The second-order valence-electron chi connectivity index (χ2n) is 4.12. The van der Waals surface area contributed by atoms with Gasteiger partial charge < -0.3 is 10.2 Å². The van der Waals surface area contributed by atoms with Crippen LogP contribution in [-0.4, -0.2) is 30.8 Å². The van der Waals surface area contributed by atoms with E-state index in [9.17, 15) is 10.2 Å². The largest absolute Gasteiger partial charge is 0.388 e. The first kappa shape index (κ1) is 12.1. The van der Waals surface area contributed by atoms with Crippen LogP contribution < -0.4 is 0 Å². The number of aromatic nitrogens is 3. The summed E-state index contributed by atoms with van der Waals surface area (Å²) >= 11 is 0. The molecule has 1 rings (SSSR count). The van der Waals surface area contributed by atoms with Gasteiger partial charge in [-0.25, -0.2) is 4.68 Å².